The van der Waals surface area contributed by atoms with Crippen LogP contribution in [0.4, 0.5) is 4.79 Å². The highest BCUT2D eigenvalue weighted by molar-refractivity contribution is 5.77. The molecule has 0 radical (unpaired) electrons. The first-order chi connectivity index (χ1) is 6.29. The summed E-state index contributed by atoms with van der Waals surface area (Å²) in [6.07, 6.45) is 0.811. The number of nitrogens with zero attached hydrogens (tertiary/aromatic N) is 1. The molecule has 3 aliphatic rings. The molecule has 0 aromatic heterocycles. The zero-order chi connectivity index (χ0) is 8.89. The van der Waals surface area contributed by atoms with E-state index in [0.29, 0.717) is 19.8 Å². The second-order valence-corrected chi connectivity index (χ2v) is 3.78. The minimum atomic E-state index is -0.470. The van der Waals surface area contributed by atoms with Gasteiger partial charge in [0.15, 0.2) is 5.79 Å². The van der Waals surface area contributed by atoms with Crippen molar-refractivity contribution in [1.29, 1.82) is 0 Å². The Bertz CT molecular complexity index is 250. The van der Waals surface area contributed by atoms with E-state index in [1.54, 1.807) is 0 Å². The van der Waals surface area contributed by atoms with Gasteiger partial charge >= 0.3 is 6.03 Å². The van der Waals surface area contributed by atoms with Crippen molar-refractivity contribution in [2.75, 3.05) is 26.3 Å². The van der Waals surface area contributed by atoms with Crippen LogP contribution in [0.3, 0.4) is 0 Å². The van der Waals surface area contributed by atoms with E-state index in [4.69, 9.17) is 9.47 Å². The summed E-state index contributed by atoms with van der Waals surface area (Å²) < 4.78 is 11.1. The smallest absolute Gasteiger partial charge is 0.317 e. The Morgan fingerprint density at radius 2 is 2.23 bits per heavy atom. The third-order valence-corrected chi connectivity index (χ3v) is 2.96. The van der Waals surface area contributed by atoms with Crippen LogP contribution in [0, 0.1) is 0 Å². The van der Waals surface area contributed by atoms with Crippen LogP contribution in [0.25, 0.3) is 0 Å². The molecule has 3 saturated heterocycles. The van der Waals surface area contributed by atoms with Gasteiger partial charge in [0, 0.05) is 13.0 Å². The molecule has 3 fully saturated rings. The summed E-state index contributed by atoms with van der Waals surface area (Å²) in [5, 5.41) is 2.80. The molecule has 0 unspecified atom stereocenters. The van der Waals surface area contributed by atoms with E-state index in [9.17, 15) is 4.79 Å². The quantitative estimate of drug-likeness (QED) is 0.553. The van der Waals surface area contributed by atoms with Crippen LogP contribution >= 0.6 is 0 Å². The van der Waals surface area contributed by atoms with Gasteiger partial charge in [0.05, 0.1) is 25.8 Å². The molecule has 1 spiro atoms. The first-order valence-corrected chi connectivity index (χ1v) is 4.61. The van der Waals surface area contributed by atoms with Gasteiger partial charge in [-0.05, 0) is 0 Å². The van der Waals surface area contributed by atoms with Gasteiger partial charge in [-0.1, -0.05) is 0 Å². The first kappa shape index (κ1) is 7.58. The fourth-order valence-electron chi connectivity index (χ4n) is 2.36. The lowest BCUT2D eigenvalue weighted by Crippen LogP contribution is -2.38. The summed E-state index contributed by atoms with van der Waals surface area (Å²) >= 11 is 0. The summed E-state index contributed by atoms with van der Waals surface area (Å²) in [7, 11) is 0. The number of hydrogen-bond donors (Lipinski definition) is 1. The Balaban J connectivity index is 1.81. The zero-order valence-corrected chi connectivity index (χ0v) is 7.28. The fraction of sp³-hybridized carbons (Fsp3) is 0.875. The number of rotatable bonds is 0. The topological polar surface area (TPSA) is 50.8 Å². The fourth-order valence-corrected chi connectivity index (χ4v) is 2.36. The van der Waals surface area contributed by atoms with Gasteiger partial charge in [-0.2, -0.15) is 0 Å². The predicted octanol–water partition coefficient (Wildman–Crippen LogP) is -0.473. The SMILES string of the molecule is O=C1NC[C@@H]2CC3(CN12)OCCO3. The van der Waals surface area contributed by atoms with Crippen molar-refractivity contribution in [2.24, 2.45) is 0 Å². The third kappa shape index (κ3) is 0.971. The second kappa shape index (κ2) is 2.36. The molecule has 1 N–H and O–H groups in total. The van der Waals surface area contributed by atoms with Crippen molar-refractivity contribution in [1.82, 2.24) is 10.2 Å². The Kier molecular flexibility index (Phi) is 1.38. The number of carbonyl (C=O) groups excluding carboxylic acids is 1. The van der Waals surface area contributed by atoms with Crippen molar-refractivity contribution in [3.05, 3.63) is 0 Å². The monoisotopic (exact) mass is 184 g/mol. The standard InChI is InChI=1S/C8H12N2O3/c11-7-9-4-6-3-8(5-10(6)7)12-1-2-13-8/h6H,1-5H2,(H,9,11)/t6-/m0/s1. The molecular weight excluding hydrogens is 172 g/mol. The summed E-state index contributed by atoms with van der Waals surface area (Å²) in [4.78, 5) is 13.1. The summed E-state index contributed by atoms with van der Waals surface area (Å²) in [5.74, 6) is -0.470. The molecule has 3 heterocycles. The maximum absolute atomic E-state index is 11.3. The van der Waals surface area contributed by atoms with Crippen LogP contribution in [0.1, 0.15) is 6.42 Å². The second-order valence-electron chi connectivity index (χ2n) is 3.78. The average Bonchev–Trinajstić information content (AvgIpc) is 2.76. The van der Waals surface area contributed by atoms with Gasteiger partial charge in [0.2, 0.25) is 0 Å². The average molecular weight is 184 g/mol. The number of ether oxygens (including phenoxy) is 2. The number of amides is 2. The molecular formula is C8H12N2O3. The first-order valence-electron chi connectivity index (χ1n) is 4.61. The van der Waals surface area contributed by atoms with Gasteiger partial charge in [0.25, 0.3) is 0 Å². The lowest BCUT2D eigenvalue weighted by molar-refractivity contribution is -0.144. The molecule has 72 valence electrons. The normalized spacial score (nSPS) is 35.5. The molecule has 13 heavy (non-hydrogen) atoms. The van der Waals surface area contributed by atoms with Gasteiger partial charge < -0.3 is 19.7 Å². The van der Waals surface area contributed by atoms with E-state index in [1.807, 2.05) is 4.90 Å². The van der Waals surface area contributed by atoms with Crippen LogP contribution in [-0.4, -0.2) is 49.1 Å². The predicted molar refractivity (Wildman–Crippen MR) is 43.1 cm³/mol. The lowest BCUT2D eigenvalue weighted by atomic mass is 10.1. The van der Waals surface area contributed by atoms with Crippen molar-refractivity contribution in [3.8, 4) is 0 Å². The van der Waals surface area contributed by atoms with Crippen molar-refractivity contribution < 1.29 is 14.3 Å². The van der Waals surface area contributed by atoms with Gasteiger partial charge in [-0.25, -0.2) is 4.79 Å². The largest absolute Gasteiger partial charge is 0.346 e. The highest BCUT2D eigenvalue weighted by atomic mass is 16.7. The third-order valence-electron chi connectivity index (χ3n) is 2.96. The van der Waals surface area contributed by atoms with Gasteiger partial charge in [0.1, 0.15) is 0 Å². The van der Waals surface area contributed by atoms with Crippen LogP contribution in [0.5, 0.6) is 0 Å². The molecule has 0 aliphatic carbocycles. The van der Waals surface area contributed by atoms with Crippen molar-refractivity contribution in [2.45, 2.75) is 18.2 Å². The Morgan fingerprint density at radius 1 is 1.46 bits per heavy atom. The van der Waals surface area contributed by atoms with E-state index < -0.39 is 5.79 Å². The lowest BCUT2D eigenvalue weighted by Gasteiger charge is -2.21. The van der Waals surface area contributed by atoms with Gasteiger partial charge in [-0.15, -0.1) is 0 Å². The minimum Gasteiger partial charge on any atom is -0.346 e. The van der Waals surface area contributed by atoms with E-state index >= 15 is 0 Å². The highest BCUT2D eigenvalue weighted by Crippen LogP contribution is 2.35. The minimum absolute atomic E-state index is 0.0148. The molecule has 3 rings (SSSR count). The maximum atomic E-state index is 11.3. The summed E-state index contributed by atoms with van der Waals surface area (Å²) in [6.45, 7) is 2.63. The molecule has 0 aromatic carbocycles. The van der Waals surface area contributed by atoms with E-state index in [-0.39, 0.29) is 12.1 Å². The number of nitrogens with one attached hydrogen (secondary N) is 1. The molecule has 2 amide bonds. The molecule has 0 aromatic rings. The number of carbonyl (C=O) groups is 1. The molecule has 3 aliphatic heterocycles. The van der Waals surface area contributed by atoms with Crippen molar-refractivity contribution in [3.63, 3.8) is 0 Å². The van der Waals surface area contributed by atoms with E-state index in [1.165, 1.54) is 0 Å². The Labute approximate surface area is 76.0 Å². The molecule has 5 heteroatoms. The van der Waals surface area contributed by atoms with E-state index in [2.05, 4.69) is 5.32 Å². The summed E-state index contributed by atoms with van der Waals surface area (Å²) in [5.41, 5.74) is 0. The molecule has 0 bridgehead atoms. The van der Waals surface area contributed by atoms with Crippen molar-refractivity contribution >= 4 is 6.03 Å². The van der Waals surface area contributed by atoms with Gasteiger partial charge in [-0.3, -0.25) is 0 Å². The molecule has 5 nitrogen and oxygen atoms in total. The zero-order valence-electron chi connectivity index (χ0n) is 7.28. The number of hydrogen-bond acceptors (Lipinski definition) is 3. The Morgan fingerprint density at radius 3 is 2.92 bits per heavy atom. The van der Waals surface area contributed by atoms with E-state index in [0.717, 1.165) is 13.0 Å². The summed E-state index contributed by atoms with van der Waals surface area (Å²) in [6, 6.07) is 0.284. The molecule has 0 saturated carbocycles. The van der Waals surface area contributed by atoms with Crippen LogP contribution in [0.15, 0.2) is 0 Å². The number of fused-ring (bicyclic) bond motifs is 1. The molecule has 1 atom stereocenters. The number of urea groups is 1. The Hall–Kier alpha value is -0.810. The van der Waals surface area contributed by atoms with Crippen LogP contribution in [0.2, 0.25) is 0 Å². The van der Waals surface area contributed by atoms with Crippen LogP contribution in [-0.2, 0) is 9.47 Å². The van der Waals surface area contributed by atoms with Crippen LogP contribution < -0.4 is 5.32 Å². The maximum Gasteiger partial charge on any atom is 0.317 e. The highest BCUT2D eigenvalue weighted by Gasteiger charge is 2.52.